The Morgan fingerprint density at radius 3 is 2.80 bits per heavy atom. The lowest BCUT2D eigenvalue weighted by Gasteiger charge is -2.33. The lowest BCUT2D eigenvalue weighted by atomic mass is 9.98. The van der Waals surface area contributed by atoms with Crippen LogP contribution in [0.15, 0.2) is 0 Å². The third-order valence-electron chi connectivity index (χ3n) is 3.74. The maximum atomic E-state index is 12.2. The molecule has 1 rings (SSSR count). The Kier molecular flexibility index (Phi) is 7.36. The van der Waals surface area contributed by atoms with Gasteiger partial charge < -0.3 is 20.6 Å². The van der Waals surface area contributed by atoms with E-state index in [0.717, 1.165) is 32.2 Å². The second-order valence-corrected chi connectivity index (χ2v) is 5.49. The minimum absolute atomic E-state index is 0.241. The summed E-state index contributed by atoms with van der Waals surface area (Å²) in [5.41, 5.74) is 0. The van der Waals surface area contributed by atoms with Crippen molar-refractivity contribution in [1.82, 2.24) is 15.5 Å². The van der Waals surface area contributed by atoms with E-state index in [1.165, 1.54) is 0 Å². The van der Waals surface area contributed by atoms with Crippen molar-refractivity contribution in [3.63, 3.8) is 0 Å². The minimum Gasteiger partial charge on any atom is -0.480 e. The van der Waals surface area contributed by atoms with Gasteiger partial charge in [0.05, 0.1) is 0 Å². The summed E-state index contributed by atoms with van der Waals surface area (Å²) in [6.07, 6.45) is 4.31. The molecular weight excluding hydrogens is 258 g/mol. The number of carboxylic acid groups (broad SMARTS) is 1. The smallest absolute Gasteiger partial charge is 0.326 e. The third kappa shape index (κ3) is 5.36. The molecule has 6 nitrogen and oxygen atoms in total. The Morgan fingerprint density at radius 2 is 2.20 bits per heavy atom. The summed E-state index contributed by atoms with van der Waals surface area (Å²) >= 11 is 0. The first-order valence-electron chi connectivity index (χ1n) is 7.51. The van der Waals surface area contributed by atoms with Crippen LogP contribution in [-0.2, 0) is 4.79 Å². The summed E-state index contributed by atoms with van der Waals surface area (Å²) in [7, 11) is 1.91. The fourth-order valence-corrected chi connectivity index (χ4v) is 2.61. The van der Waals surface area contributed by atoms with Gasteiger partial charge >= 0.3 is 12.0 Å². The molecule has 1 heterocycles. The molecule has 0 aromatic heterocycles. The molecule has 0 saturated carbocycles. The highest BCUT2D eigenvalue weighted by Gasteiger charge is 2.26. The molecule has 1 fully saturated rings. The molecule has 0 aromatic carbocycles. The number of hydrogen-bond donors (Lipinski definition) is 3. The third-order valence-corrected chi connectivity index (χ3v) is 3.74. The number of likely N-dealkylation sites (tertiary alicyclic amines) is 1. The van der Waals surface area contributed by atoms with E-state index in [1.807, 2.05) is 14.0 Å². The van der Waals surface area contributed by atoms with E-state index < -0.39 is 12.0 Å². The Hall–Kier alpha value is -1.30. The Bertz CT molecular complexity index is 321. The Balaban J connectivity index is 2.48. The molecule has 20 heavy (non-hydrogen) atoms. The highest BCUT2D eigenvalue weighted by atomic mass is 16.4. The van der Waals surface area contributed by atoms with Gasteiger partial charge in [-0.25, -0.2) is 9.59 Å². The minimum atomic E-state index is -0.949. The van der Waals surface area contributed by atoms with Crippen LogP contribution in [0.2, 0.25) is 0 Å². The number of hydrogen-bond acceptors (Lipinski definition) is 3. The van der Waals surface area contributed by atoms with E-state index in [-0.39, 0.29) is 6.03 Å². The molecule has 0 aromatic rings. The highest BCUT2D eigenvalue weighted by Crippen LogP contribution is 2.16. The van der Waals surface area contributed by atoms with Crippen molar-refractivity contribution in [2.24, 2.45) is 5.92 Å². The van der Waals surface area contributed by atoms with Crippen LogP contribution in [0.5, 0.6) is 0 Å². The number of carboxylic acids is 1. The van der Waals surface area contributed by atoms with E-state index in [9.17, 15) is 9.59 Å². The van der Waals surface area contributed by atoms with Crippen LogP contribution >= 0.6 is 0 Å². The van der Waals surface area contributed by atoms with Crippen LogP contribution in [0.1, 0.15) is 39.0 Å². The molecule has 0 spiro atoms. The summed E-state index contributed by atoms with van der Waals surface area (Å²) in [5.74, 6) is -0.492. The summed E-state index contributed by atoms with van der Waals surface area (Å²) in [6, 6.07) is -1.01. The molecule has 3 N–H and O–H groups in total. The summed E-state index contributed by atoms with van der Waals surface area (Å²) < 4.78 is 0. The topological polar surface area (TPSA) is 81.7 Å². The number of rotatable bonds is 7. The van der Waals surface area contributed by atoms with E-state index in [2.05, 4.69) is 10.6 Å². The molecule has 1 saturated heterocycles. The zero-order valence-electron chi connectivity index (χ0n) is 12.5. The zero-order chi connectivity index (χ0) is 15.0. The van der Waals surface area contributed by atoms with Crippen molar-refractivity contribution in [3.05, 3.63) is 0 Å². The standard InChI is InChI=1S/C14H27N3O3/c1-3-4-7-12(13(18)19)16-14(20)17-8-5-6-11(10-17)9-15-2/h11-12,15H,3-10H2,1-2H3,(H,16,20)(H,18,19). The lowest BCUT2D eigenvalue weighted by molar-refractivity contribution is -0.139. The van der Waals surface area contributed by atoms with Gasteiger partial charge in [-0.1, -0.05) is 19.8 Å². The second kappa shape index (κ2) is 8.79. The lowest BCUT2D eigenvalue weighted by Crippen LogP contribution is -2.51. The number of aliphatic carboxylic acids is 1. The molecule has 0 radical (unpaired) electrons. The van der Waals surface area contributed by atoms with E-state index in [4.69, 9.17) is 5.11 Å². The largest absolute Gasteiger partial charge is 0.480 e. The maximum Gasteiger partial charge on any atom is 0.326 e. The predicted octanol–water partition coefficient (Wildman–Crippen LogP) is 1.27. The summed E-state index contributed by atoms with van der Waals surface area (Å²) in [4.78, 5) is 25.0. The van der Waals surface area contributed by atoms with Gasteiger partial charge in [0.2, 0.25) is 0 Å². The van der Waals surface area contributed by atoms with Gasteiger partial charge in [-0.05, 0) is 38.8 Å². The maximum absolute atomic E-state index is 12.2. The SMILES string of the molecule is CCCCC(NC(=O)N1CCCC(CNC)C1)C(=O)O. The van der Waals surface area contributed by atoms with Gasteiger partial charge in [-0.2, -0.15) is 0 Å². The van der Waals surface area contributed by atoms with Crippen LogP contribution in [0.25, 0.3) is 0 Å². The Labute approximate surface area is 120 Å². The van der Waals surface area contributed by atoms with Crippen LogP contribution < -0.4 is 10.6 Å². The molecule has 2 unspecified atom stereocenters. The van der Waals surface area contributed by atoms with E-state index >= 15 is 0 Å². The number of piperidine rings is 1. The molecule has 0 aliphatic carbocycles. The zero-order valence-corrected chi connectivity index (χ0v) is 12.5. The van der Waals surface area contributed by atoms with Crippen molar-refractivity contribution >= 4 is 12.0 Å². The number of carbonyl (C=O) groups excluding carboxylic acids is 1. The first kappa shape index (κ1) is 16.8. The van der Waals surface area contributed by atoms with Crippen molar-refractivity contribution < 1.29 is 14.7 Å². The van der Waals surface area contributed by atoms with Crippen LogP contribution in [-0.4, -0.2) is 54.7 Å². The van der Waals surface area contributed by atoms with Gasteiger partial charge in [0.25, 0.3) is 0 Å². The number of carbonyl (C=O) groups is 2. The van der Waals surface area contributed by atoms with Gasteiger partial charge in [0, 0.05) is 13.1 Å². The van der Waals surface area contributed by atoms with Gasteiger partial charge in [0.1, 0.15) is 6.04 Å². The van der Waals surface area contributed by atoms with Crippen molar-refractivity contribution in [1.29, 1.82) is 0 Å². The second-order valence-electron chi connectivity index (χ2n) is 5.49. The average Bonchev–Trinajstić information content (AvgIpc) is 2.43. The average molecular weight is 285 g/mol. The van der Waals surface area contributed by atoms with Crippen molar-refractivity contribution in [3.8, 4) is 0 Å². The number of urea groups is 1. The predicted molar refractivity (Wildman–Crippen MR) is 77.7 cm³/mol. The molecule has 1 aliphatic rings. The molecular formula is C14H27N3O3. The first-order valence-corrected chi connectivity index (χ1v) is 7.51. The summed E-state index contributed by atoms with van der Waals surface area (Å²) in [6.45, 7) is 4.31. The van der Waals surface area contributed by atoms with E-state index in [0.29, 0.717) is 25.4 Å². The fourth-order valence-electron chi connectivity index (χ4n) is 2.61. The number of nitrogens with zero attached hydrogens (tertiary/aromatic N) is 1. The van der Waals surface area contributed by atoms with Gasteiger partial charge in [-0.3, -0.25) is 0 Å². The van der Waals surface area contributed by atoms with Crippen LogP contribution in [0, 0.1) is 5.92 Å². The number of amides is 2. The quantitative estimate of drug-likeness (QED) is 0.658. The monoisotopic (exact) mass is 285 g/mol. The summed E-state index contributed by atoms with van der Waals surface area (Å²) in [5, 5.41) is 14.9. The van der Waals surface area contributed by atoms with Crippen LogP contribution in [0.4, 0.5) is 4.79 Å². The van der Waals surface area contributed by atoms with Gasteiger partial charge in [-0.15, -0.1) is 0 Å². The first-order chi connectivity index (χ1) is 9.58. The molecule has 6 heteroatoms. The highest BCUT2D eigenvalue weighted by molar-refractivity contribution is 5.82. The molecule has 2 amide bonds. The fraction of sp³-hybridized carbons (Fsp3) is 0.857. The molecule has 0 bridgehead atoms. The van der Waals surface area contributed by atoms with Crippen LogP contribution in [0.3, 0.4) is 0 Å². The van der Waals surface area contributed by atoms with Crippen molar-refractivity contribution in [2.45, 2.75) is 45.1 Å². The van der Waals surface area contributed by atoms with E-state index in [1.54, 1.807) is 4.90 Å². The number of unbranched alkanes of at least 4 members (excludes halogenated alkanes) is 1. The molecule has 2 atom stereocenters. The molecule has 1 aliphatic heterocycles. The number of nitrogens with one attached hydrogen (secondary N) is 2. The van der Waals surface area contributed by atoms with Crippen molar-refractivity contribution in [2.75, 3.05) is 26.7 Å². The Morgan fingerprint density at radius 1 is 1.45 bits per heavy atom. The van der Waals surface area contributed by atoms with Gasteiger partial charge in [0.15, 0.2) is 0 Å². The normalized spacial score (nSPS) is 20.5. The molecule has 116 valence electrons.